The minimum absolute atomic E-state index is 0.110. The first kappa shape index (κ1) is 10.6. The molecule has 1 aliphatic heterocycles. The Morgan fingerprint density at radius 3 is 3.00 bits per heavy atom. The second kappa shape index (κ2) is 3.94. The molecule has 0 radical (unpaired) electrons. The highest BCUT2D eigenvalue weighted by Crippen LogP contribution is 2.27. The van der Waals surface area contributed by atoms with Gasteiger partial charge in [-0.25, -0.2) is 13.4 Å². The predicted octanol–water partition coefficient (Wildman–Crippen LogP) is 0.459. The van der Waals surface area contributed by atoms with E-state index in [0.717, 1.165) is 6.42 Å². The van der Waals surface area contributed by atoms with Gasteiger partial charge < -0.3 is 9.52 Å². The van der Waals surface area contributed by atoms with Crippen LogP contribution in [0.25, 0.3) is 0 Å². The third-order valence-electron chi connectivity index (χ3n) is 2.54. The second-order valence-electron chi connectivity index (χ2n) is 3.78. The van der Waals surface area contributed by atoms with E-state index in [0.29, 0.717) is 18.1 Å². The lowest BCUT2D eigenvalue weighted by atomic mass is 10.1. The number of hydrogen-bond donors (Lipinski definition) is 1. The van der Waals surface area contributed by atoms with Gasteiger partial charge >= 0.3 is 0 Å². The number of oxazole rings is 1. The van der Waals surface area contributed by atoms with E-state index in [9.17, 15) is 8.42 Å². The highest BCUT2D eigenvalue weighted by atomic mass is 32.2. The lowest BCUT2D eigenvalue weighted by Crippen LogP contribution is -2.23. The first-order valence-electron chi connectivity index (χ1n) is 4.86. The molecule has 1 saturated heterocycles. The normalized spacial score (nSPS) is 25.3. The first-order valence-corrected chi connectivity index (χ1v) is 6.69. The van der Waals surface area contributed by atoms with Crippen molar-refractivity contribution in [2.24, 2.45) is 0 Å². The smallest absolute Gasteiger partial charge is 0.198 e. The van der Waals surface area contributed by atoms with Gasteiger partial charge in [0.2, 0.25) is 0 Å². The van der Waals surface area contributed by atoms with Gasteiger partial charge in [-0.1, -0.05) is 0 Å². The number of hydrogen-bond acceptors (Lipinski definition) is 5. The molecule has 1 fully saturated rings. The van der Waals surface area contributed by atoms with Gasteiger partial charge in [0.05, 0.1) is 17.7 Å². The van der Waals surface area contributed by atoms with Gasteiger partial charge in [-0.15, -0.1) is 0 Å². The topological polar surface area (TPSA) is 80.4 Å². The van der Waals surface area contributed by atoms with Gasteiger partial charge in [0.15, 0.2) is 15.7 Å². The minimum atomic E-state index is -2.94. The van der Waals surface area contributed by atoms with Crippen molar-refractivity contribution in [3.8, 4) is 0 Å². The summed E-state index contributed by atoms with van der Waals surface area (Å²) in [7, 11) is -2.94. The van der Waals surface area contributed by atoms with Crippen LogP contribution in [-0.2, 0) is 16.4 Å². The number of sulfone groups is 1. The van der Waals surface area contributed by atoms with Crippen LogP contribution in [0.4, 0.5) is 0 Å². The molecule has 1 atom stereocenters. The Morgan fingerprint density at radius 1 is 1.60 bits per heavy atom. The van der Waals surface area contributed by atoms with Crippen LogP contribution in [0.1, 0.15) is 30.4 Å². The average Bonchev–Trinajstić information content (AvgIpc) is 2.64. The summed E-state index contributed by atoms with van der Waals surface area (Å²) in [6.07, 6.45) is 2.88. The van der Waals surface area contributed by atoms with Gasteiger partial charge in [0.25, 0.3) is 0 Å². The SMILES string of the molecule is O=S1(=O)CCCC(c2ncc(CO)o2)C1. The van der Waals surface area contributed by atoms with Crippen molar-refractivity contribution in [2.75, 3.05) is 11.5 Å². The number of aliphatic hydroxyl groups excluding tert-OH is 1. The fraction of sp³-hybridized carbons (Fsp3) is 0.667. The van der Waals surface area contributed by atoms with Crippen LogP contribution >= 0.6 is 0 Å². The average molecular weight is 231 g/mol. The third kappa shape index (κ3) is 2.38. The fourth-order valence-electron chi connectivity index (χ4n) is 1.80. The van der Waals surface area contributed by atoms with Crippen molar-refractivity contribution in [3.63, 3.8) is 0 Å². The molecular weight excluding hydrogens is 218 g/mol. The van der Waals surface area contributed by atoms with Crippen LogP contribution in [0.15, 0.2) is 10.6 Å². The lowest BCUT2D eigenvalue weighted by Gasteiger charge is -2.18. The number of aromatic nitrogens is 1. The van der Waals surface area contributed by atoms with Gasteiger partial charge in [-0.05, 0) is 12.8 Å². The predicted molar refractivity (Wildman–Crippen MR) is 53.1 cm³/mol. The highest BCUT2D eigenvalue weighted by Gasteiger charge is 2.28. The molecule has 6 heteroatoms. The summed E-state index contributed by atoms with van der Waals surface area (Å²) in [6, 6.07) is 0. The Bertz CT molecular complexity index is 437. The van der Waals surface area contributed by atoms with E-state index in [1.54, 1.807) is 0 Å². The molecule has 0 bridgehead atoms. The van der Waals surface area contributed by atoms with Crippen LogP contribution < -0.4 is 0 Å². The fourth-order valence-corrected chi connectivity index (χ4v) is 3.50. The van der Waals surface area contributed by atoms with E-state index in [-0.39, 0.29) is 24.0 Å². The van der Waals surface area contributed by atoms with Crippen molar-refractivity contribution in [1.82, 2.24) is 4.98 Å². The van der Waals surface area contributed by atoms with Crippen LogP contribution in [0, 0.1) is 0 Å². The Labute approximate surface area is 88.0 Å². The minimum Gasteiger partial charge on any atom is -0.443 e. The standard InChI is InChI=1S/C9H13NO4S/c11-5-8-4-10-9(14-8)7-2-1-3-15(12,13)6-7/h4,7,11H,1-3,5-6H2. The second-order valence-corrected chi connectivity index (χ2v) is 6.01. The molecule has 84 valence electrons. The molecular formula is C9H13NO4S. The zero-order chi connectivity index (χ0) is 10.9. The molecule has 0 aliphatic carbocycles. The van der Waals surface area contributed by atoms with Gasteiger partial charge in [0, 0.05) is 5.92 Å². The summed E-state index contributed by atoms with van der Waals surface area (Å²) in [5, 5.41) is 8.80. The number of rotatable bonds is 2. The quantitative estimate of drug-likeness (QED) is 0.799. The largest absolute Gasteiger partial charge is 0.443 e. The van der Waals surface area contributed by atoms with Gasteiger partial charge in [-0.3, -0.25) is 0 Å². The van der Waals surface area contributed by atoms with Crippen molar-refractivity contribution in [1.29, 1.82) is 0 Å². The highest BCUT2D eigenvalue weighted by molar-refractivity contribution is 7.91. The Balaban J connectivity index is 2.17. The maximum Gasteiger partial charge on any atom is 0.198 e. The van der Waals surface area contributed by atoms with Crippen molar-refractivity contribution < 1.29 is 17.9 Å². The van der Waals surface area contributed by atoms with Crippen molar-refractivity contribution in [2.45, 2.75) is 25.4 Å². The van der Waals surface area contributed by atoms with Crippen LogP contribution in [-0.4, -0.2) is 30.0 Å². The van der Waals surface area contributed by atoms with E-state index in [2.05, 4.69) is 4.98 Å². The zero-order valence-electron chi connectivity index (χ0n) is 8.22. The Hall–Kier alpha value is -0.880. The number of aliphatic hydroxyl groups is 1. The van der Waals surface area contributed by atoms with Crippen LogP contribution in [0.3, 0.4) is 0 Å². The van der Waals surface area contributed by atoms with Crippen LogP contribution in [0.5, 0.6) is 0 Å². The van der Waals surface area contributed by atoms with E-state index >= 15 is 0 Å². The molecule has 1 aliphatic rings. The molecule has 2 heterocycles. The molecule has 0 aromatic carbocycles. The maximum absolute atomic E-state index is 11.4. The van der Waals surface area contributed by atoms with Gasteiger partial charge in [-0.2, -0.15) is 0 Å². The summed E-state index contributed by atoms with van der Waals surface area (Å²) in [4.78, 5) is 3.99. The van der Waals surface area contributed by atoms with Gasteiger partial charge in [0.1, 0.15) is 12.4 Å². The monoisotopic (exact) mass is 231 g/mol. The number of nitrogens with zero attached hydrogens (tertiary/aromatic N) is 1. The Morgan fingerprint density at radius 2 is 2.40 bits per heavy atom. The molecule has 2 rings (SSSR count). The Kier molecular flexibility index (Phi) is 2.79. The molecule has 15 heavy (non-hydrogen) atoms. The summed E-state index contributed by atoms with van der Waals surface area (Å²) < 4.78 is 28.0. The van der Waals surface area contributed by atoms with E-state index in [1.165, 1.54) is 6.20 Å². The van der Waals surface area contributed by atoms with E-state index < -0.39 is 9.84 Å². The summed E-state index contributed by atoms with van der Waals surface area (Å²) in [5.74, 6) is 1.04. The molecule has 5 nitrogen and oxygen atoms in total. The van der Waals surface area contributed by atoms with Crippen molar-refractivity contribution >= 4 is 9.84 Å². The molecule has 0 spiro atoms. The zero-order valence-corrected chi connectivity index (χ0v) is 9.03. The summed E-state index contributed by atoms with van der Waals surface area (Å²) >= 11 is 0. The van der Waals surface area contributed by atoms with E-state index in [4.69, 9.17) is 9.52 Å². The van der Waals surface area contributed by atoms with Crippen molar-refractivity contribution in [3.05, 3.63) is 17.8 Å². The maximum atomic E-state index is 11.4. The summed E-state index contributed by atoms with van der Waals surface area (Å²) in [6.45, 7) is -0.202. The first-order chi connectivity index (χ1) is 7.11. The summed E-state index contributed by atoms with van der Waals surface area (Å²) in [5.41, 5.74) is 0. The molecule has 1 N–H and O–H groups in total. The molecule has 1 unspecified atom stereocenters. The molecule has 0 amide bonds. The molecule has 1 aromatic heterocycles. The molecule has 1 aromatic rings. The van der Waals surface area contributed by atoms with E-state index in [1.807, 2.05) is 0 Å². The third-order valence-corrected chi connectivity index (χ3v) is 4.36. The lowest BCUT2D eigenvalue weighted by molar-refractivity contribution is 0.240. The van der Waals surface area contributed by atoms with Crippen LogP contribution in [0.2, 0.25) is 0 Å². The molecule has 0 saturated carbocycles.